The second-order valence-electron chi connectivity index (χ2n) is 3.47. The molecule has 0 bridgehead atoms. The van der Waals surface area contributed by atoms with Crippen molar-refractivity contribution in [1.29, 1.82) is 0 Å². The van der Waals surface area contributed by atoms with Gasteiger partial charge in [-0.05, 0) is 12.1 Å². The van der Waals surface area contributed by atoms with Crippen LogP contribution in [0.5, 0.6) is 17.2 Å². The summed E-state index contributed by atoms with van der Waals surface area (Å²) in [6.45, 7) is -0.574. The number of methoxy groups -OCH3 is 3. The fraction of sp³-hybridized carbons (Fsp3) is 0.333. The minimum atomic E-state index is -1.37. The summed E-state index contributed by atoms with van der Waals surface area (Å²) in [7, 11) is 4.27. The summed E-state index contributed by atoms with van der Waals surface area (Å²) in [4.78, 5) is 22.0. The molecule has 0 unspecified atom stereocenters. The molecule has 1 rings (SSSR count). The summed E-state index contributed by atoms with van der Waals surface area (Å²) < 4.78 is 15.3. The Balaban J connectivity index is 3.08. The standard InChI is InChI=1S/C12H15NO6/c1-17-8-4-7(12(16)13-6-10(14)15)5-9(18-2)11(8)19-3/h4-5H,6H2,1-3H3,(H,13,16)(H,14,15)/p-1. The quantitative estimate of drug-likeness (QED) is 0.725. The number of hydrogen-bond donors (Lipinski definition) is 1. The zero-order chi connectivity index (χ0) is 14.4. The molecule has 0 aliphatic heterocycles. The van der Waals surface area contributed by atoms with Gasteiger partial charge in [-0.3, -0.25) is 4.79 Å². The van der Waals surface area contributed by atoms with E-state index < -0.39 is 18.4 Å². The van der Waals surface area contributed by atoms with E-state index in [-0.39, 0.29) is 5.56 Å². The Morgan fingerprint density at radius 3 is 2.00 bits per heavy atom. The molecule has 0 aliphatic rings. The van der Waals surface area contributed by atoms with Crippen LogP contribution < -0.4 is 24.6 Å². The number of benzene rings is 1. The highest BCUT2D eigenvalue weighted by Crippen LogP contribution is 2.38. The second kappa shape index (κ2) is 6.48. The van der Waals surface area contributed by atoms with Crippen molar-refractivity contribution in [1.82, 2.24) is 5.32 Å². The van der Waals surface area contributed by atoms with Gasteiger partial charge in [0.1, 0.15) is 0 Å². The molecule has 7 nitrogen and oxygen atoms in total. The summed E-state index contributed by atoms with van der Waals surface area (Å²) >= 11 is 0. The first-order valence-corrected chi connectivity index (χ1v) is 5.31. The summed E-state index contributed by atoms with van der Waals surface area (Å²) in [6, 6.07) is 2.85. The molecule has 0 saturated carbocycles. The van der Waals surface area contributed by atoms with Crippen LogP contribution in [0.4, 0.5) is 0 Å². The topological polar surface area (TPSA) is 96.9 Å². The first-order valence-electron chi connectivity index (χ1n) is 5.31. The van der Waals surface area contributed by atoms with Crippen LogP contribution in [-0.4, -0.2) is 39.8 Å². The van der Waals surface area contributed by atoms with Gasteiger partial charge in [-0.1, -0.05) is 0 Å². The summed E-state index contributed by atoms with van der Waals surface area (Å²) in [5, 5.41) is 12.5. The molecule has 0 aliphatic carbocycles. The molecule has 7 heteroatoms. The van der Waals surface area contributed by atoms with E-state index >= 15 is 0 Å². The highest BCUT2D eigenvalue weighted by atomic mass is 16.5. The minimum Gasteiger partial charge on any atom is -0.548 e. The third-order valence-electron chi connectivity index (χ3n) is 2.32. The third kappa shape index (κ3) is 3.51. The number of amides is 1. The van der Waals surface area contributed by atoms with E-state index in [1.807, 2.05) is 0 Å². The van der Waals surface area contributed by atoms with Crippen LogP contribution in [-0.2, 0) is 4.79 Å². The number of nitrogens with one attached hydrogen (secondary N) is 1. The Hall–Kier alpha value is -2.44. The van der Waals surface area contributed by atoms with Crippen LogP contribution in [0.2, 0.25) is 0 Å². The highest BCUT2D eigenvalue weighted by Gasteiger charge is 2.16. The van der Waals surface area contributed by atoms with E-state index in [9.17, 15) is 14.7 Å². The van der Waals surface area contributed by atoms with Crippen molar-refractivity contribution in [2.24, 2.45) is 0 Å². The maximum atomic E-state index is 11.7. The summed E-state index contributed by atoms with van der Waals surface area (Å²) in [6.07, 6.45) is 0. The fourth-order valence-corrected chi connectivity index (χ4v) is 1.47. The number of carbonyl (C=O) groups excluding carboxylic acids is 2. The van der Waals surface area contributed by atoms with Gasteiger partial charge in [0.05, 0.1) is 33.8 Å². The van der Waals surface area contributed by atoms with Crippen LogP contribution in [0.15, 0.2) is 12.1 Å². The smallest absolute Gasteiger partial charge is 0.251 e. The molecular weight excluding hydrogens is 254 g/mol. The molecule has 0 radical (unpaired) electrons. The number of carboxylic acid groups (broad SMARTS) is 1. The van der Waals surface area contributed by atoms with Crippen LogP contribution in [0.25, 0.3) is 0 Å². The van der Waals surface area contributed by atoms with Crippen molar-refractivity contribution < 1.29 is 28.9 Å². The van der Waals surface area contributed by atoms with Gasteiger partial charge in [-0.25, -0.2) is 0 Å². The van der Waals surface area contributed by atoms with E-state index in [1.54, 1.807) is 0 Å². The predicted octanol–water partition coefficient (Wildman–Crippen LogP) is -0.808. The normalized spacial score (nSPS) is 9.63. The lowest BCUT2D eigenvalue weighted by molar-refractivity contribution is -0.303. The van der Waals surface area contributed by atoms with Crippen LogP contribution in [0.1, 0.15) is 10.4 Å². The molecule has 1 amide bonds. The number of rotatable bonds is 6. The number of carbonyl (C=O) groups is 2. The predicted molar refractivity (Wildman–Crippen MR) is 63.4 cm³/mol. The molecule has 0 saturated heterocycles. The average molecular weight is 268 g/mol. The van der Waals surface area contributed by atoms with Crippen LogP contribution in [0.3, 0.4) is 0 Å². The Labute approximate surface area is 110 Å². The van der Waals surface area contributed by atoms with E-state index in [1.165, 1.54) is 33.5 Å². The lowest BCUT2D eigenvalue weighted by Crippen LogP contribution is -2.37. The van der Waals surface area contributed by atoms with Gasteiger partial charge < -0.3 is 29.4 Å². The second-order valence-corrected chi connectivity index (χ2v) is 3.47. The Bertz CT molecular complexity index is 460. The molecule has 0 atom stereocenters. The van der Waals surface area contributed by atoms with E-state index in [0.717, 1.165) is 0 Å². The number of hydrogen-bond acceptors (Lipinski definition) is 6. The molecule has 1 aromatic rings. The molecule has 0 heterocycles. The molecule has 1 aromatic carbocycles. The van der Waals surface area contributed by atoms with E-state index in [4.69, 9.17) is 14.2 Å². The number of aliphatic carboxylic acids is 1. The van der Waals surface area contributed by atoms with Crippen molar-refractivity contribution in [3.63, 3.8) is 0 Å². The van der Waals surface area contributed by atoms with Gasteiger partial charge >= 0.3 is 0 Å². The van der Waals surface area contributed by atoms with Gasteiger partial charge in [-0.2, -0.15) is 0 Å². The Kier molecular flexibility index (Phi) is 4.99. The Morgan fingerprint density at radius 1 is 1.11 bits per heavy atom. The van der Waals surface area contributed by atoms with Crippen molar-refractivity contribution >= 4 is 11.9 Å². The largest absolute Gasteiger partial charge is 0.548 e. The molecule has 19 heavy (non-hydrogen) atoms. The molecule has 0 fully saturated rings. The fourth-order valence-electron chi connectivity index (χ4n) is 1.47. The highest BCUT2D eigenvalue weighted by molar-refractivity contribution is 5.96. The van der Waals surface area contributed by atoms with Crippen molar-refractivity contribution in [2.75, 3.05) is 27.9 Å². The molecule has 0 aromatic heterocycles. The van der Waals surface area contributed by atoms with Crippen LogP contribution in [0, 0.1) is 0 Å². The SMILES string of the molecule is COc1cc(C(=O)NCC(=O)[O-])cc(OC)c1OC. The minimum absolute atomic E-state index is 0.191. The lowest BCUT2D eigenvalue weighted by Gasteiger charge is -2.14. The van der Waals surface area contributed by atoms with Gasteiger partial charge in [0.25, 0.3) is 5.91 Å². The van der Waals surface area contributed by atoms with Gasteiger partial charge in [0.2, 0.25) is 5.75 Å². The maximum absolute atomic E-state index is 11.7. The third-order valence-corrected chi connectivity index (χ3v) is 2.32. The van der Waals surface area contributed by atoms with E-state index in [0.29, 0.717) is 17.2 Å². The summed E-state index contributed by atoms with van der Waals surface area (Å²) in [5.41, 5.74) is 0.191. The zero-order valence-electron chi connectivity index (χ0n) is 10.8. The van der Waals surface area contributed by atoms with E-state index in [2.05, 4.69) is 5.32 Å². The molecule has 1 N–H and O–H groups in total. The van der Waals surface area contributed by atoms with Crippen LogP contribution >= 0.6 is 0 Å². The summed E-state index contributed by atoms with van der Waals surface area (Å²) in [5.74, 6) is -0.994. The average Bonchev–Trinajstić information content (AvgIpc) is 2.42. The monoisotopic (exact) mass is 268 g/mol. The Morgan fingerprint density at radius 2 is 1.63 bits per heavy atom. The van der Waals surface area contributed by atoms with Crippen molar-refractivity contribution in [3.05, 3.63) is 17.7 Å². The molecular formula is C12H14NO6-. The maximum Gasteiger partial charge on any atom is 0.251 e. The van der Waals surface area contributed by atoms with Gasteiger partial charge in [0.15, 0.2) is 11.5 Å². The first kappa shape index (κ1) is 14.6. The molecule has 104 valence electrons. The number of ether oxygens (including phenoxy) is 3. The van der Waals surface area contributed by atoms with Gasteiger partial charge in [0, 0.05) is 5.56 Å². The number of carboxylic acids is 1. The molecule has 0 spiro atoms. The first-order chi connectivity index (χ1) is 9.03. The zero-order valence-corrected chi connectivity index (χ0v) is 10.8. The van der Waals surface area contributed by atoms with Crippen molar-refractivity contribution in [2.45, 2.75) is 0 Å². The van der Waals surface area contributed by atoms with Gasteiger partial charge in [-0.15, -0.1) is 0 Å². The lowest BCUT2D eigenvalue weighted by atomic mass is 10.1. The van der Waals surface area contributed by atoms with Crippen molar-refractivity contribution in [3.8, 4) is 17.2 Å².